The van der Waals surface area contributed by atoms with Crippen molar-refractivity contribution in [1.82, 2.24) is 4.98 Å². The van der Waals surface area contributed by atoms with E-state index in [9.17, 15) is 9.59 Å². The molecule has 0 aliphatic carbocycles. The predicted molar refractivity (Wildman–Crippen MR) is 82.1 cm³/mol. The van der Waals surface area contributed by atoms with E-state index in [2.05, 4.69) is 15.6 Å². The molecule has 1 aromatic carbocycles. The van der Waals surface area contributed by atoms with Crippen LogP contribution in [0.3, 0.4) is 0 Å². The number of amides is 2. The second-order valence-corrected chi connectivity index (χ2v) is 4.84. The Balaban J connectivity index is 2.10. The van der Waals surface area contributed by atoms with Gasteiger partial charge in [0, 0.05) is 11.9 Å². The fourth-order valence-corrected chi connectivity index (χ4v) is 1.96. The predicted octanol–water partition coefficient (Wildman–Crippen LogP) is 2.58. The largest absolute Gasteiger partial charge is 0.317 e. The molecule has 2 N–H and O–H groups in total. The minimum Gasteiger partial charge on any atom is -0.317 e. The quantitative estimate of drug-likeness (QED) is 0.832. The Hall–Kier alpha value is -2.69. The van der Waals surface area contributed by atoms with Crippen LogP contribution in [0.4, 0.5) is 11.5 Å². The lowest BCUT2D eigenvalue weighted by atomic mass is 10.1. The van der Waals surface area contributed by atoms with Gasteiger partial charge in [-0.2, -0.15) is 0 Å². The highest BCUT2D eigenvalue weighted by Crippen LogP contribution is 2.19. The molecule has 108 valence electrons. The molecule has 0 atom stereocenters. The summed E-state index contributed by atoms with van der Waals surface area (Å²) >= 11 is 0. The molecule has 5 heteroatoms. The Labute approximate surface area is 123 Å². The fraction of sp³-hybridized carbons (Fsp3) is 0.188. The first-order valence-corrected chi connectivity index (χ1v) is 6.59. The molecule has 21 heavy (non-hydrogen) atoms. The molecule has 1 aromatic heterocycles. The number of carbonyl (C=O) groups is 2. The maximum absolute atomic E-state index is 12.0. The van der Waals surface area contributed by atoms with Gasteiger partial charge in [-0.05, 0) is 43.5 Å². The Morgan fingerprint density at radius 3 is 2.05 bits per heavy atom. The van der Waals surface area contributed by atoms with E-state index in [1.165, 1.54) is 0 Å². The summed E-state index contributed by atoms with van der Waals surface area (Å²) in [5.41, 5.74) is 3.27. The van der Waals surface area contributed by atoms with Gasteiger partial charge in [-0.1, -0.05) is 24.3 Å². The minimum atomic E-state index is -0.737. The van der Waals surface area contributed by atoms with E-state index in [0.717, 1.165) is 16.7 Å². The van der Waals surface area contributed by atoms with Crippen LogP contribution in [0.25, 0.3) is 0 Å². The number of rotatable bonds is 2. The maximum atomic E-state index is 12.0. The molecule has 2 aromatic rings. The Kier molecular flexibility index (Phi) is 4.33. The minimum absolute atomic E-state index is 0.388. The van der Waals surface area contributed by atoms with Gasteiger partial charge in [-0.15, -0.1) is 0 Å². The number of hydrogen-bond acceptors (Lipinski definition) is 3. The Bertz CT molecular complexity index is 675. The molecular weight excluding hydrogens is 266 g/mol. The topological polar surface area (TPSA) is 71.1 Å². The molecule has 0 fully saturated rings. The van der Waals surface area contributed by atoms with Crippen molar-refractivity contribution < 1.29 is 9.59 Å². The molecule has 0 spiro atoms. The van der Waals surface area contributed by atoms with E-state index in [0.29, 0.717) is 11.5 Å². The fourth-order valence-electron chi connectivity index (χ4n) is 1.96. The first-order valence-electron chi connectivity index (χ1n) is 6.59. The number of nitrogens with one attached hydrogen (secondary N) is 2. The molecular formula is C16H17N3O2. The molecule has 0 radical (unpaired) electrons. The molecule has 5 nitrogen and oxygen atoms in total. The summed E-state index contributed by atoms with van der Waals surface area (Å²) in [6, 6.07) is 9.23. The number of nitrogens with zero attached hydrogens (tertiary/aromatic N) is 1. The van der Waals surface area contributed by atoms with Crippen LogP contribution in [-0.2, 0) is 9.59 Å². The summed E-state index contributed by atoms with van der Waals surface area (Å²) in [5.74, 6) is -1.06. The van der Waals surface area contributed by atoms with Crippen molar-refractivity contribution in [1.29, 1.82) is 0 Å². The van der Waals surface area contributed by atoms with Crippen LogP contribution in [0.5, 0.6) is 0 Å². The van der Waals surface area contributed by atoms with Crippen LogP contribution in [0.2, 0.25) is 0 Å². The smallest absolute Gasteiger partial charge is 0.315 e. The zero-order chi connectivity index (χ0) is 15.4. The first kappa shape index (κ1) is 14.7. The lowest BCUT2D eigenvalue weighted by Crippen LogP contribution is -2.30. The highest BCUT2D eigenvalue weighted by molar-refractivity contribution is 6.43. The Morgan fingerprint density at radius 1 is 0.857 bits per heavy atom. The van der Waals surface area contributed by atoms with E-state index in [1.807, 2.05) is 45.0 Å². The van der Waals surface area contributed by atoms with Crippen molar-refractivity contribution in [2.45, 2.75) is 20.8 Å². The lowest BCUT2D eigenvalue weighted by Gasteiger charge is -2.11. The van der Waals surface area contributed by atoms with Crippen LogP contribution >= 0.6 is 0 Å². The standard InChI is InChI=1S/C16H17N3O2/c1-10-6-4-7-11(2)13(10)18-15(20)16(21)19-14-12(3)8-5-9-17-14/h4-9H,1-3H3,(H,18,20)(H,17,19,21). The van der Waals surface area contributed by atoms with Gasteiger partial charge in [0.25, 0.3) is 0 Å². The number of anilines is 2. The van der Waals surface area contributed by atoms with Crippen molar-refractivity contribution in [3.05, 3.63) is 53.2 Å². The molecule has 0 bridgehead atoms. The first-order chi connectivity index (χ1) is 9.99. The van der Waals surface area contributed by atoms with Gasteiger partial charge in [0.1, 0.15) is 5.82 Å². The van der Waals surface area contributed by atoms with E-state index in [4.69, 9.17) is 0 Å². The normalized spacial score (nSPS) is 10.0. The molecule has 0 aliphatic heterocycles. The number of aryl methyl sites for hydroxylation is 3. The summed E-state index contributed by atoms with van der Waals surface area (Å²) in [6.07, 6.45) is 1.56. The average molecular weight is 283 g/mol. The molecule has 0 saturated carbocycles. The van der Waals surface area contributed by atoms with Crippen LogP contribution in [0, 0.1) is 20.8 Å². The summed E-state index contributed by atoms with van der Waals surface area (Å²) in [5, 5.41) is 5.15. The second kappa shape index (κ2) is 6.17. The molecule has 0 unspecified atom stereocenters. The average Bonchev–Trinajstić information content (AvgIpc) is 2.45. The SMILES string of the molecule is Cc1cccnc1NC(=O)C(=O)Nc1c(C)cccc1C. The number of pyridine rings is 1. The summed E-state index contributed by atoms with van der Waals surface area (Å²) in [6.45, 7) is 5.57. The van der Waals surface area contributed by atoms with Gasteiger partial charge < -0.3 is 10.6 Å². The van der Waals surface area contributed by atoms with Crippen LogP contribution in [-0.4, -0.2) is 16.8 Å². The van der Waals surface area contributed by atoms with Gasteiger partial charge in [0.2, 0.25) is 0 Å². The van der Waals surface area contributed by atoms with Crippen LogP contribution in [0.15, 0.2) is 36.5 Å². The second-order valence-electron chi connectivity index (χ2n) is 4.84. The zero-order valence-electron chi connectivity index (χ0n) is 12.2. The number of benzene rings is 1. The Morgan fingerprint density at radius 2 is 1.43 bits per heavy atom. The van der Waals surface area contributed by atoms with Gasteiger partial charge >= 0.3 is 11.8 Å². The molecule has 2 amide bonds. The summed E-state index contributed by atoms with van der Waals surface area (Å²) in [4.78, 5) is 27.9. The third-order valence-corrected chi connectivity index (χ3v) is 3.17. The monoisotopic (exact) mass is 283 g/mol. The third kappa shape index (κ3) is 3.45. The van der Waals surface area contributed by atoms with E-state index in [-0.39, 0.29) is 0 Å². The molecule has 0 saturated heterocycles. The summed E-state index contributed by atoms with van der Waals surface area (Å²) < 4.78 is 0. The van der Waals surface area contributed by atoms with E-state index in [1.54, 1.807) is 12.3 Å². The van der Waals surface area contributed by atoms with Crippen LogP contribution in [0.1, 0.15) is 16.7 Å². The number of aromatic nitrogens is 1. The lowest BCUT2D eigenvalue weighted by molar-refractivity contribution is -0.133. The van der Waals surface area contributed by atoms with Crippen molar-refractivity contribution in [3.8, 4) is 0 Å². The van der Waals surface area contributed by atoms with Crippen molar-refractivity contribution >= 4 is 23.3 Å². The zero-order valence-corrected chi connectivity index (χ0v) is 12.2. The van der Waals surface area contributed by atoms with Crippen molar-refractivity contribution in [3.63, 3.8) is 0 Å². The van der Waals surface area contributed by atoms with Crippen molar-refractivity contribution in [2.24, 2.45) is 0 Å². The number of hydrogen-bond donors (Lipinski definition) is 2. The van der Waals surface area contributed by atoms with E-state index < -0.39 is 11.8 Å². The highest BCUT2D eigenvalue weighted by atomic mass is 16.2. The summed E-state index contributed by atoms with van der Waals surface area (Å²) in [7, 11) is 0. The van der Waals surface area contributed by atoms with Crippen LogP contribution < -0.4 is 10.6 Å². The van der Waals surface area contributed by atoms with Gasteiger partial charge in [-0.3, -0.25) is 9.59 Å². The van der Waals surface area contributed by atoms with Crippen molar-refractivity contribution in [2.75, 3.05) is 10.6 Å². The van der Waals surface area contributed by atoms with Gasteiger partial charge in [0.15, 0.2) is 0 Å². The number of carbonyl (C=O) groups excluding carboxylic acids is 2. The molecule has 2 rings (SSSR count). The third-order valence-electron chi connectivity index (χ3n) is 3.17. The molecule has 1 heterocycles. The van der Waals surface area contributed by atoms with Gasteiger partial charge in [0.05, 0.1) is 0 Å². The maximum Gasteiger partial charge on any atom is 0.315 e. The number of para-hydroxylation sites is 1. The van der Waals surface area contributed by atoms with E-state index >= 15 is 0 Å². The highest BCUT2D eigenvalue weighted by Gasteiger charge is 2.17. The molecule has 0 aliphatic rings. The van der Waals surface area contributed by atoms with Gasteiger partial charge in [-0.25, -0.2) is 4.98 Å².